The molecule has 0 bridgehead atoms. The Labute approximate surface area is 124 Å². The van der Waals surface area contributed by atoms with Crippen LogP contribution in [0.3, 0.4) is 0 Å². The van der Waals surface area contributed by atoms with Crippen LogP contribution in [-0.2, 0) is 6.42 Å². The van der Waals surface area contributed by atoms with Crippen molar-refractivity contribution in [3.8, 4) is 6.01 Å². The number of hydrogen-bond acceptors (Lipinski definition) is 3. The van der Waals surface area contributed by atoms with Crippen LogP contribution in [0.25, 0.3) is 0 Å². The standard InChI is InChI=1S/C17H30N2O/c1-3-5-7-9-11-13-20-17-18-14-16(15-19-17)12-10-8-6-4-2/h14-15H,3-13H2,1-2H3. The van der Waals surface area contributed by atoms with Crippen molar-refractivity contribution in [2.24, 2.45) is 0 Å². The van der Waals surface area contributed by atoms with Crippen molar-refractivity contribution in [1.82, 2.24) is 9.97 Å². The minimum absolute atomic E-state index is 0.526. The van der Waals surface area contributed by atoms with Crippen LogP contribution in [0, 0.1) is 0 Å². The molecule has 114 valence electrons. The average Bonchev–Trinajstić information content (AvgIpc) is 2.49. The van der Waals surface area contributed by atoms with Crippen molar-refractivity contribution >= 4 is 0 Å². The average molecular weight is 278 g/mol. The summed E-state index contributed by atoms with van der Waals surface area (Å²) in [7, 11) is 0. The summed E-state index contributed by atoms with van der Waals surface area (Å²) in [6.07, 6.45) is 16.3. The van der Waals surface area contributed by atoms with Gasteiger partial charge in [-0.3, -0.25) is 0 Å². The predicted octanol–water partition coefficient (Wildman–Crippen LogP) is 4.95. The fourth-order valence-corrected chi connectivity index (χ4v) is 2.17. The highest BCUT2D eigenvalue weighted by Gasteiger charge is 1.99. The number of aromatic nitrogens is 2. The van der Waals surface area contributed by atoms with E-state index >= 15 is 0 Å². The summed E-state index contributed by atoms with van der Waals surface area (Å²) >= 11 is 0. The Morgan fingerprint density at radius 3 is 2.05 bits per heavy atom. The second kappa shape index (κ2) is 11.7. The third-order valence-electron chi connectivity index (χ3n) is 3.48. The molecule has 0 N–H and O–H groups in total. The number of rotatable bonds is 12. The third kappa shape index (κ3) is 8.13. The molecular weight excluding hydrogens is 248 g/mol. The molecule has 0 spiro atoms. The lowest BCUT2D eigenvalue weighted by Crippen LogP contribution is -2.01. The fourth-order valence-electron chi connectivity index (χ4n) is 2.17. The van der Waals surface area contributed by atoms with Gasteiger partial charge in [0.15, 0.2) is 0 Å². The van der Waals surface area contributed by atoms with Gasteiger partial charge in [0, 0.05) is 12.4 Å². The smallest absolute Gasteiger partial charge is 0.316 e. The summed E-state index contributed by atoms with van der Waals surface area (Å²) in [5.41, 5.74) is 1.22. The minimum atomic E-state index is 0.526. The first kappa shape index (κ1) is 16.9. The van der Waals surface area contributed by atoms with Gasteiger partial charge in [0.25, 0.3) is 0 Å². The van der Waals surface area contributed by atoms with E-state index in [4.69, 9.17) is 4.74 Å². The molecule has 0 atom stereocenters. The SMILES string of the molecule is CCCCCCCOc1ncc(CCCCCC)cn1. The van der Waals surface area contributed by atoms with Gasteiger partial charge in [-0.1, -0.05) is 58.8 Å². The third-order valence-corrected chi connectivity index (χ3v) is 3.48. The zero-order chi connectivity index (χ0) is 14.5. The Morgan fingerprint density at radius 2 is 1.40 bits per heavy atom. The predicted molar refractivity (Wildman–Crippen MR) is 84.1 cm³/mol. The Balaban J connectivity index is 2.12. The van der Waals surface area contributed by atoms with Crippen LogP contribution in [0.15, 0.2) is 12.4 Å². The maximum Gasteiger partial charge on any atom is 0.316 e. The maximum absolute atomic E-state index is 5.56. The van der Waals surface area contributed by atoms with Crippen LogP contribution in [-0.4, -0.2) is 16.6 Å². The molecule has 1 aromatic rings. The molecule has 0 aliphatic carbocycles. The van der Waals surface area contributed by atoms with E-state index in [0.717, 1.165) is 19.4 Å². The van der Waals surface area contributed by atoms with Crippen molar-refractivity contribution < 1.29 is 4.74 Å². The largest absolute Gasteiger partial charge is 0.463 e. The van der Waals surface area contributed by atoms with Crippen LogP contribution in [0.2, 0.25) is 0 Å². The Bertz CT molecular complexity index is 324. The monoisotopic (exact) mass is 278 g/mol. The number of aryl methyl sites for hydroxylation is 1. The first-order valence-corrected chi connectivity index (χ1v) is 8.30. The van der Waals surface area contributed by atoms with Gasteiger partial charge in [-0.2, -0.15) is 0 Å². The zero-order valence-electron chi connectivity index (χ0n) is 13.2. The highest BCUT2D eigenvalue weighted by molar-refractivity contribution is 5.07. The van der Waals surface area contributed by atoms with E-state index in [1.165, 1.54) is 56.9 Å². The molecule has 0 aliphatic heterocycles. The summed E-state index contributed by atoms with van der Waals surface area (Å²) in [6, 6.07) is 0.526. The number of nitrogens with zero attached hydrogens (tertiary/aromatic N) is 2. The summed E-state index contributed by atoms with van der Waals surface area (Å²) in [4.78, 5) is 8.56. The van der Waals surface area contributed by atoms with Crippen molar-refractivity contribution in [2.45, 2.75) is 78.1 Å². The quantitative estimate of drug-likeness (QED) is 0.507. The van der Waals surface area contributed by atoms with E-state index in [2.05, 4.69) is 23.8 Å². The summed E-state index contributed by atoms with van der Waals surface area (Å²) in [6.45, 7) is 5.20. The summed E-state index contributed by atoms with van der Waals surface area (Å²) in [5, 5.41) is 0. The van der Waals surface area contributed by atoms with E-state index in [9.17, 15) is 0 Å². The highest BCUT2D eigenvalue weighted by Crippen LogP contribution is 2.09. The van der Waals surface area contributed by atoms with Gasteiger partial charge >= 0.3 is 6.01 Å². The first-order valence-electron chi connectivity index (χ1n) is 8.30. The van der Waals surface area contributed by atoms with Gasteiger partial charge in [0.05, 0.1) is 6.61 Å². The van der Waals surface area contributed by atoms with Crippen molar-refractivity contribution in [2.75, 3.05) is 6.61 Å². The topological polar surface area (TPSA) is 35.0 Å². The van der Waals surface area contributed by atoms with Crippen LogP contribution in [0.5, 0.6) is 6.01 Å². The first-order chi connectivity index (χ1) is 9.86. The van der Waals surface area contributed by atoms with E-state index in [-0.39, 0.29) is 0 Å². The molecule has 0 saturated heterocycles. The van der Waals surface area contributed by atoms with Crippen molar-refractivity contribution in [3.05, 3.63) is 18.0 Å². The molecule has 0 saturated carbocycles. The van der Waals surface area contributed by atoms with Gasteiger partial charge in [-0.15, -0.1) is 0 Å². The van der Waals surface area contributed by atoms with Gasteiger partial charge in [-0.05, 0) is 24.8 Å². The molecule has 0 aliphatic rings. The number of unbranched alkanes of at least 4 members (excludes halogenated alkanes) is 7. The van der Waals surface area contributed by atoms with Crippen LogP contribution < -0.4 is 4.74 Å². The van der Waals surface area contributed by atoms with Crippen LogP contribution in [0.1, 0.15) is 77.2 Å². The molecule has 0 radical (unpaired) electrons. The molecule has 0 aromatic carbocycles. The highest BCUT2D eigenvalue weighted by atomic mass is 16.5. The second-order valence-corrected chi connectivity index (χ2v) is 5.45. The van der Waals surface area contributed by atoms with Gasteiger partial charge < -0.3 is 4.74 Å². The van der Waals surface area contributed by atoms with Crippen LogP contribution >= 0.6 is 0 Å². The Kier molecular flexibility index (Phi) is 9.89. The Hall–Kier alpha value is -1.12. The van der Waals surface area contributed by atoms with Gasteiger partial charge in [0.1, 0.15) is 0 Å². The molecule has 3 nitrogen and oxygen atoms in total. The van der Waals surface area contributed by atoms with Crippen molar-refractivity contribution in [1.29, 1.82) is 0 Å². The number of ether oxygens (including phenoxy) is 1. The molecule has 0 fully saturated rings. The number of hydrogen-bond donors (Lipinski definition) is 0. The van der Waals surface area contributed by atoms with Crippen molar-refractivity contribution in [3.63, 3.8) is 0 Å². The molecular formula is C17H30N2O. The van der Waals surface area contributed by atoms with E-state index in [0.29, 0.717) is 6.01 Å². The maximum atomic E-state index is 5.56. The molecule has 0 amide bonds. The van der Waals surface area contributed by atoms with E-state index in [1.807, 2.05) is 12.4 Å². The molecule has 1 rings (SSSR count). The zero-order valence-corrected chi connectivity index (χ0v) is 13.2. The Morgan fingerprint density at radius 1 is 0.800 bits per heavy atom. The molecule has 1 heterocycles. The molecule has 3 heteroatoms. The lowest BCUT2D eigenvalue weighted by molar-refractivity contribution is 0.281. The lowest BCUT2D eigenvalue weighted by Gasteiger charge is -2.05. The lowest BCUT2D eigenvalue weighted by atomic mass is 10.1. The van der Waals surface area contributed by atoms with E-state index in [1.54, 1.807) is 0 Å². The van der Waals surface area contributed by atoms with Crippen LogP contribution in [0.4, 0.5) is 0 Å². The minimum Gasteiger partial charge on any atom is -0.463 e. The summed E-state index contributed by atoms with van der Waals surface area (Å²) < 4.78 is 5.56. The summed E-state index contributed by atoms with van der Waals surface area (Å²) in [5.74, 6) is 0. The fraction of sp³-hybridized carbons (Fsp3) is 0.765. The molecule has 20 heavy (non-hydrogen) atoms. The normalized spacial score (nSPS) is 10.7. The molecule has 0 unspecified atom stereocenters. The molecule has 1 aromatic heterocycles. The van der Waals surface area contributed by atoms with Gasteiger partial charge in [0.2, 0.25) is 0 Å². The van der Waals surface area contributed by atoms with E-state index < -0.39 is 0 Å². The van der Waals surface area contributed by atoms with Gasteiger partial charge in [-0.25, -0.2) is 9.97 Å². The second-order valence-electron chi connectivity index (χ2n) is 5.45.